The Morgan fingerprint density at radius 3 is 2.94 bits per heavy atom. The number of hydrogen-bond acceptors (Lipinski definition) is 4. The van der Waals surface area contributed by atoms with Crippen LogP contribution >= 0.6 is 22.6 Å². The van der Waals surface area contributed by atoms with Crippen LogP contribution in [0.4, 0.5) is 10.1 Å². The molecule has 1 unspecified atom stereocenters. The van der Waals surface area contributed by atoms with Gasteiger partial charge in [0.15, 0.2) is 5.75 Å². The van der Waals surface area contributed by atoms with E-state index in [1.165, 1.54) is 6.07 Å². The number of nitro benzene ring substituents is 1. The van der Waals surface area contributed by atoms with E-state index in [9.17, 15) is 14.5 Å². The van der Waals surface area contributed by atoms with Crippen LogP contribution in [0.15, 0.2) is 12.1 Å². The van der Waals surface area contributed by atoms with Gasteiger partial charge in [0.05, 0.1) is 8.49 Å². The van der Waals surface area contributed by atoms with Crippen molar-refractivity contribution in [3.05, 3.63) is 31.6 Å². The Morgan fingerprint density at radius 1 is 1.59 bits per heavy atom. The molecule has 0 aromatic heterocycles. The summed E-state index contributed by atoms with van der Waals surface area (Å²) in [4.78, 5) is 10.3. The zero-order chi connectivity index (χ0) is 12.4. The van der Waals surface area contributed by atoms with Gasteiger partial charge in [0.1, 0.15) is 11.9 Å². The zero-order valence-electron chi connectivity index (χ0n) is 8.78. The van der Waals surface area contributed by atoms with Crippen LogP contribution in [0.25, 0.3) is 0 Å². The van der Waals surface area contributed by atoms with E-state index in [2.05, 4.69) is 5.32 Å². The largest absolute Gasteiger partial charge is 0.482 e. The molecule has 1 aliphatic rings. The molecular formula is C10H10FIN2O3. The van der Waals surface area contributed by atoms with E-state index in [4.69, 9.17) is 4.74 Å². The van der Waals surface area contributed by atoms with Crippen LogP contribution in [0.5, 0.6) is 5.75 Å². The van der Waals surface area contributed by atoms with Gasteiger partial charge in [0, 0.05) is 18.7 Å². The molecule has 7 heteroatoms. The molecule has 0 spiro atoms. The number of nitrogens with zero attached hydrogens (tertiary/aromatic N) is 1. The Kier molecular flexibility index (Phi) is 3.77. The summed E-state index contributed by atoms with van der Waals surface area (Å²) in [5, 5.41) is 13.9. The van der Waals surface area contributed by atoms with Crippen molar-refractivity contribution >= 4 is 28.3 Å². The minimum atomic E-state index is -0.556. The second-order valence-electron chi connectivity index (χ2n) is 3.72. The maximum Gasteiger partial charge on any atom is 0.312 e. The zero-order valence-corrected chi connectivity index (χ0v) is 10.9. The smallest absolute Gasteiger partial charge is 0.312 e. The molecule has 1 fully saturated rings. The summed E-state index contributed by atoms with van der Waals surface area (Å²) in [7, 11) is 0. The van der Waals surface area contributed by atoms with Gasteiger partial charge in [-0.25, -0.2) is 4.39 Å². The van der Waals surface area contributed by atoms with Crippen LogP contribution in [0, 0.1) is 19.5 Å². The summed E-state index contributed by atoms with van der Waals surface area (Å²) in [5.74, 6) is -0.501. The van der Waals surface area contributed by atoms with Gasteiger partial charge in [-0.05, 0) is 35.6 Å². The first kappa shape index (κ1) is 12.5. The van der Waals surface area contributed by atoms with E-state index >= 15 is 0 Å². The van der Waals surface area contributed by atoms with Gasteiger partial charge in [-0.1, -0.05) is 0 Å². The highest BCUT2D eigenvalue weighted by Crippen LogP contribution is 2.32. The van der Waals surface area contributed by atoms with E-state index < -0.39 is 10.7 Å². The Hall–Kier alpha value is -0.960. The van der Waals surface area contributed by atoms with Crippen LogP contribution in [0.2, 0.25) is 0 Å². The monoisotopic (exact) mass is 352 g/mol. The number of hydrogen-bond donors (Lipinski definition) is 1. The van der Waals surface area contributed by atoms with Gasteiger partial charge in [0.2, 0.25) is 0 Å². The summed E-state index contributed by atoms with van der Waals surface area (Å²) in [6.45, 7) is 1.44. The molecule has 1 saturated heterocycles. The molecule has 1 heterocycles. The topological polar surface area (TPSA) is 64.4 Å². The molecule has 2 rings (SSSR count). The molecule has 0 saturated carbocycles. The van der Waals surface area contributed by atoms with Gasteiger partial charge in [0.25, 0.3) is 0 Å². The van der Waals surface area contributed by atoms with Crippen LogP contribution in [0.3, 0.4) is 0 Å². The third-order valence-corrected chi connectivity index (χ3v) is 3.33. The van der Waals surface area contributed by atoms with Crippen LogP contribution in [-0.4, -0.2) is 24.1 Å². The van der Waals surface area contributed by atoms with Crippen LogP contribution in [-0.2, 0) is 0 Å². The van der Waals surface area contributed by atoms with Gasteiger partial charge in [-0.3, -0.25) is 10.1 Å². The fraction of sp³-hybridized carbons (Fsp3) is 0.400. The van der Waals surface area contributed by atoms with Crippen molar-refractivity contribution in [2.24, 2.45) is 0 Å². The number of halogens is 2. The Morgan fingerprint density at radius 2 is 2.35 bits per heavy atom. The maximum atomic E-state index is 13.4. The molecule has 5 nitrogen and oxygen atoms in total. The van der Waals surface area contributed by atoms with E-state index in [0.29, 0.717) is 6.54 Å². The molecule has 1 aromatic rings. The molecule has 1 aliphatic heterocycles. The minimum absolute atomic E-state index is 0.00150. The lowest BCUT2D eigenvalue weighted by atomic mass is 10.2. The molecule has 1 atom stereocenters. The minimum Gasteiger partial charge on any atom is -0.482 e. The Balaban J connectivity index is 2.29. The molecule has 0 aliphatic carbocycles. The fourth-order valence-corrected chi connectivity index (χ4v) is 2.11. The first-order valence-electron chi connectivity index (χ1n) is 5.08. The van der Waals surface area contributed by atoms with Crippen molar-refractivity contribution < 1.29 is 14.1 Å². The summed E-state index contributed by atoms with van der Waals surface area (Å²) in [5.41, 5.74) is -0.192. The average Bonchev–Trinajstić information content (AvgIpc) is 2.75. The van der Waals surface area contributed by atoms with Crippen molar-refractivity contribution in [2.45, 2.75) is 12.5 Å². The predicted molar refractivity (Wildman–Crippen MR) is 67.7 cm³/mol. The Bertz CT molecular complexity index is 449. The number of rotatable bonds is 3. The summed E-state index contributed by atoms with van der Waals surface area (Å²) in [6.07, 6.45) is 0.637. The molecule has 0 radical (unpaired) electrons. The maximum absolute atomic E-state index is 13.4. The average molecular weight is 352 g/mol. The third kappa shape index (κ3) is 2.83. The van der Waals surface area contributed by atoms with Crippen LogP contribution in [0.1, 0.15) is 6.42 Å². The number of ether oxygens (including phenoxy) is 1. The molecule has 1 N–H and O–H groups in total. The van der Waals surface area contributed by atoms with Crippen molar-refractivity contribution in [3.63, 3.8) is 0 Å². The molecule has 1 aromatic carbocycles. The van der Waals surface area contributed by atoms with Gasteiger partial charge < -0.3 is 10.1 Å². The van der Waals surface area contributed by atoms with E-state index in [-0.39, 0.29) is 21.1 Å². The summed E-state index contributed by atoms with van der Waals surface area (Å²) in [6, 6.07) is 2.27. The lowest BCUT2D eigenvalue weighted by molar-refractivity contribution is -0.386. The van der Waals surface area contributed by atoms with E-state index in [1.54, 1.807) is 22.6 Å². The lowest BCUT2D eigenvalue weighted by Crippen LogP contribution is -2.20. The molecular weight excluding hydrogens is 342 g/mol. The van der Waals surface area contributed by atoms with Crippen molar-refractivity contribution in [1.29, 1.82) is 0 Å². The number of nitrogens with one attached hydrogen (secondary N) is 1. The third-order valence-electron chi connectivity index (χ3n) is 2.51. The van der Waals surface area contributed by atoms with E-state index in [1.807, 2.05) is 0 Å². The van der Waals surface area contributed by atoms with Gasteiger partial charge in [-0.15, -0.1) is 0 Å². The lowest BCUT2D eigenvalue weighted by Gasteiger charge is -2.12. The van der Waals surface area contributed by atoms with Gasteiger partial charge in [-0.2, -0.15) is 0 Å². The van der Waals surface area contributed by atoms with Crippen LogP contribution < -0.4 is 10.1 Å². The highest BCUT2D eigenvalue weighted by molar-refractivity contribution is 14.1. The fourth-order valence-electron chi connectivity index (χ4n) is 1.66. The number of nitro groups is 1. The second kappa shape index (κ2) is 5.13. The standard InChI is InChI=1S/C10H10FIN2O3/c11-7-3-10(17-6-1-2-13-5-6)9(14(15)16)4-8(7)12/h3-4,6,13H,1-2,5H2. The first-order chi connectivity index (χ1) is 8.08. The second-order valence-corrected chi connectivity index (χ2v) is 4.89. The van der Waals surface area contributed by atoms with Crippen molar-refractivity contribution in [2.75, 3.05) is 13.1 Å². The molecule has 0 bridgehead atoms. The Labute approximate surface area is 111 Å². The number of benzene rings is 1. The summed E-state index contributed by atoms with van der Waals surface area (Å²) >= 11 is 1.72. The normalized spacial score (nSPS) is 19.3. The molecule has 0 amide bonds. The SMILES string of the molecule is O=[N+]([O-])c1cc(I)c(F)cc1OC1CCNC1. The van der Waals surface area contributed by atoms with Gasteiger partial charge >= 0.3 is 5.69 Å². The molecule has 17 heavy (non-hydrogen) atoms. The predicted octanol–water partition coefficient (Wildman–Crippen LogP) is 2.08. The highest BCUT2D eigenvalue weighted by Gasteiger charge is 2.23. The van der Waals surface area contributed by atoms with E-state index in [0.717, 1.165) is 19.0 Å². The van der Waals surface area contributed by atoms with Crippen molar-refractivity contribution in [3.8, 4) is 5.75 Å². The quantitative estimate of drug-likeness (QED) is 0.514. The molecule has 92 valence electrons. The summed E-state index contributed by atoms with van der Waals surface area (Å²) < 4.78 is 19.0. The first-order valence-corrected chi connectivity index (χ1v) is 6.16. The highest BCUT2D eigenvalue weighted by atomic mass is 127. The van der Waals surface area contributed by atoms with Crippen molar-refractivity contribution in [1.82, 2.24) is 5.32 Å².